The number of rotatable bonds is 3. The average molecular weight is 379 g/mol. The molecule has 0 radical (unpaired) electrons. The normalized spacial score (nSPS) is 14.2. The second kappa shape index (κ2) is 6.71. The van der Waals surface area contributed by atoms with Crippen LogP contribution in [0.4, 0.5) is 4.39 Å². The molecule has 3 heterocycles. The van der Waals surface area contributed by atoms with E-state index in [9.17, 15) is 9.18 Å². The number of halogens is 1. The predicted octanol–water partition coefficient (Wildman–Crippen LogP) is 3.87. The van der Waals surface area contributed by atoms with Crippen LogP contribution in [0.5, 0.6) is 5.75 Å². The Hall–Kier alpha value is -3.28. The van der Waals surface area contributed by atoms with Gasteiger partial charge in [0.1, 0.15) is 22.8 Å². The highest BCUT2D eigenvalue weighted by Crippen LogP contribution is 2.33. The van der Waals surface area contributed by atoms with E-state index in [1.807, 2.05) is 50.3 Å². The van der Waals surface area contributed by atoms with Crippen LogP contribution in [0.2, 0.25) is 0 Å². The predicted molar refractivity (Wildman–Crippen MR) is 109 cm³/mol. The number of fused-ring (bicyclic) bond motifs is 1. The van der Waals surface area contributed by atoms with Gasteiger partial charge in [0.05, 0.1) is 6.54 Å². The number of likely N-dealkylation sites (N-methyl/N-ethyl adjacent to an activating group) is 1. The van der Waals surface area contributed by atoms with Gasteiger partial charge in [0.15, 0.2) is 0 Å². The van der Waals surface area contributed by atoms with E-state index in [2.05, 4.69) is 4.98 Å². The number of pyridine rings is 1. The highest BCUT2D eigenvalue weighted by atomic mass is 19.1. The van der Waals surface area contributed by atoms with Gasteiger partial charge < -0.3 is 19.2 Å². The van der Waals surface area contributed by atoms with Gasteiger partial charge in [-0.15, -0.1) is 0 Å². The molecule has 0 atom stereocenters. The van der Waals surface area contributed by atoms with E-state index < -0.39 is 0 Å². The van der Waals surface area contributed by atoms with Crippen LogP contribution in [0.1, 0.15) is 16.7 Å². The summed E-state index contributed by atoms with van der Waals surface area (Å²) in [6, 6.07) is 4.85. The molecule has 0 saturated carbocycles. The van der Waals surface area contributed by atoms with Crippen molar-refractivity contribution in [3.8, 4) is 5.75 Å². The first-order valence-electron chi connectivity index (χ1n) is 9.08. The van der Waals surface area contributed by atoms with E-state index in [1.54, 1.807) is 17.8 Å². The van der Waals surface area contributed by atoms with Crippen LogP contribution in [0, 0.1) is 19.7 Å². The summed E-state index contributed by atoms with van der Waals surface area (Å²) in [5, 5.41) is 0.848. The minimum Gasteiger partial charge on any atom is -0.459 e. The zero-order valence-electron chi connectivity index (χ0n) is 16.3. The van der Waals surface area contributed by atoms with Gasteiger partial charge in [-0.05, 0) is 55.4 Å². The topological polar surface area (TPSA) is 50.3 Å². The monoisotopic (exact) mass is 379 g/mol. The second-order valence-electron chi connectivity index (χ2n) is 7.26. The van der Waals surface area contributed by atoms with Crippen LogP contribution in [0.3, 0.4) is 0 Å². The van der Waals surface area contributed by atoms with Gasteiger partial charge in [-0.1, -0.05) is 0 Å². The minimum atomic E-state index is -0.274. The average Bonchev–Trinajstić information content (AvgIpc) is 3.12. The molecule has 2 aromatic heterocycles. The summed E-state index contributed by atoms with van der Waals surface area (Å²) in [6.07, 6.45) is 7.57. The SMILES string of the molecule is Cc1cc(F)cc(C)c1OC1=C(c2cn(C)c(=O)c3[nH]ccc23)C=CN(C)C1. The van der Waals surface area contributed by atoms with Crippen molar-refractivity contribution in [2.24, 2.45) is 7.05 Å². The van der Waals surface area contributed by atoms with E-state index in [0.717, 1.165) is 33.4 Å². The Labute approximate surface area is 162 Å². The number of hydrogen-bond donors (Lipinski definition) is 1. The number of aryl methyl sites for hydroxylation is 3. The molecule has 1 aromatic carbocycles. The highest BCUT2D eigenvalue weighted by molar-refractivity contribution is 5.95. The molecule has 3 aromatic rings. The molecule has 0 saturated heterocycles. The molecule has 4 rings (SSSR count). The van der Waals surface area contributed by atoms with Crippen LogP contribution >= 0.6 is 0 Å². The van der Waals surface area contributed by atoms with Crippen molar-refractivity contribution in [3.05, 3.63) is 81.5 Å². The Morgan fingerprint density at radius 3 is 2.61 bits per heavy atom. The summed E-state index contributed by atoms with van der Waals surface area (Å²) >= 11 is 0. The Morgan fingerprint density at radius 2 is 1.89 bits per heavy atom. The number of aromatic amines is 1. The van der Waals surface area contributed by atoms with Gasteiger partial charge in [0, 0.05) is 43.0 Å². The molecule has 1 aliphatic rings. The Morgan fingerprint density at radius 1 is 1.18 bits per heavy atom. The van der Waals surface area contributed by atoms with Crippen molar-refractivity contribution in [1.82, 2.24) is 14.5 Å². The second-order valence-corrected chi connectivity index (χ2v) is 7.26. The van der Waals surface area contributed by atoms with Gasteiger partial charge in [-0.3, -0.25) is 4.79 Å². The molecule has 1 aliphatic heterocycles. The number of nitrogens with one attached hydrogen (secondary N) is 1. The highest BCUT2D eigenvalue weighted by Gasteiger charge is 2.20. The van der Waals surface area contributed by atoms with Crippen LogP contribution < -0.4 is 10.3 Å². The van der Waals surface area contributed by atoms with Gasteiger partial charge >= 0.3 is 0 Å². The number of H-pyrrole nitrogens is 1. The number of benzene rings is 1. The molecule has 0 spiro atoms. The number of hydrogen-bond acceptors (Lipinski definition) is 3. The summed E-state index contributed by atoms with van der Waals surface area (Å²) in [5.41, 5.74) is 3.79. The van der Waals surface area contributed by atoms with Crippen LogP contribution in [0.25, 0.3) is 16.5 Å². The van der Waals surface area contributed by atoms with Crippen molar-refractivity contribution in [1.29, 1.82) is 0 Å². The molecule has 144 valence electrons. The van der Waals surface area contributed by atoms with Crippen molar-refractivity contribution >= 4 is 16.5 Å². The van der Waals surface area contributed by atoms with Crippen LogP contribution in [-0.2, 0) is 7.05 Å². The van der Waals surface area contributed by atoms with Crippen molar-refractivity contribution in [2.45, 2.75) is 13.8 Å². The lowest BCUT2D eigenvalue weighted by Gasteiger charge is -2.25. The molecular formula is C22H22FN3O2. The first kappa shape index (κ1) is 18.1. The molecule has 28 heavy (non-hydrogen) atoms. The maximum Gasteiger partial charge on any atom is 0.274 e. The lowest BCUT2D eigenvalue weighted by molar-refractivity contribution is 0.349. The van der Waals surface area contributed by atoms with Gasteiger partial charge in [0.25, 0.3) is 5.56 Å². The molecular weight excluding hydrogens is 357 g/mol. The lowest BCUT2D eigenvalue weighted by atomic mass is 10.0. The number of nitrogens with zero attached hydrogens (tertiary/aromatic N) is 2. The Balaban J connectivity index is 1.91. The van der Waals surface area contributed by atoms with Gasteiger partial charge in [-0.25, -0.2) is 4.39 Å². The maximum atomic E-state index is 13.7. The fraction of sp³-hybridized carbons (Fsp3) is 0.227. The molecule has 0 fully saturated rings. The minimum absolute atomic E-state index is 0.0750. The van der Waals surface area contributed by atoms with E-state index in [0.29, 0.717) is 17.8 Å². The van der Waals surface area contributed by atoms with Gasteiger partial charge in [0.2, 0.25) is 0 Å². The summed E-state index contributed by atoms with van der Waals surface area (Å²) in [7, 11) is 3.70. The number of allylic oxidation sites excluding steroid dienone is 2. The van der Waals surface area contributed by atoms with Crippen LogP contribution in [0.15, 0.2) is 53.4 Å². The maximum absolute atomic E-state index is 13.7. The van der Waals surface area contributed by atoms with E-state index >= 15 is 0 Å². The molecule has 5 nitrogen and oxygen atoms in total. The first-order chi connectivity index (χ1) is 13.3. The van der Waals surface area contributed by atoms with E-state index in [1.165, 1.54) is 12.1 Å². The first-order valence-corrected chi connectivity index (χ1v) is 9.08. The Bertz CT molecular complexity index is 1180. The molecule has 0 amide bonds. The quantitative estimate of drug-likeness (QED) is 0.752. The van der Waals surface area contributed by atoms with Gasteiger partial charge in [-0.2, -0.15) is 0 Å². The fourth-order valence-electron chi connectivity index (χ4n) is 3.65. The molecule has 1 N–H and O–H groups in total. The van der Waals surface area contributed by atoms with Crippen molar-refractivity contribution in [2.75, 3.05) is 13.6 Å². The smallest absolute Gasteiger partial charge is 0.274 e. The third-order valence-electron chi connectivity index (χ3n) is 5.02. The zero-order chi connectivity index (χ0) is 20.0. The summed E-state index contributed by atoms with van der Waals surface area (Å²) in [4.78, 5) is 17.4. The third-order valence-corrected chi connectivity index (χ3v) is 5.02. The summed E-state index contributed by atoms with van der Waals surface area (Å²) in [5.74, 6) is 1.14. The number of aromatic nitrogens is 2. The third kappa shape index (κ3) is 3.01. The zero-order valence-corrected chi connectivity index (χ0v) is 16.3. The molecule has 0 unspecified atom stereocenters. The Kier molecular flexibility index (Phi) is 4.34. The molecule has 6 heteroatoms. The fourth-order valence-corrected chi connectivity index (χ4v) is 3.65. The molecule has 0 bridgehead atoms. The standard InChI is InChI=1S/C22H22FN3O2/c1-13-9-15(23)10-14(2)21(13)28-19-12-25(3)8-6-16(19)18-11-26(4)22(27)20-17(18)5-7-24-20/h5-11,24H,12H2,1-4H3. The van der Waals surface area contributed by atoms with E-state index in [4.69, 9.17) is 4.74 Å². The summed E-state index contributed by atoms with van der Waals surface area (Å²) in [6.45, 7) is 4.24. The molecule has 0 aliphatic carbocycles. The lowest BCUT2D eigenvalue weighted by Crippen LogP contribution is -2.23. The van der Waals surface area contributed by atoms with E-state index in [-0.39, 0.29) is 11.4 Å². The van der Waals surface area contributed by atoms with Crippen LogP contribution in [-0.4, -0.2) is 28.0 Å². The summed E-state index contributed by atoms with van der Waals surface area (Å²) < 4.78 is 21.6. The largest absolute Gasteiger partial charge is 0.459 e. The van der Waals surface area contributed by atoms with Crippen molar-refractivity contribution in [3.63, 3.8) is 0 Å². The van der Waals surface area contributed by atoms with Crippen molar-refractivity contribution < 1.29 is 9.13 Å². The number of ether oxygens (including phenoxy) is 1.